The SMILES string of the molecule is CCCCCCC(O)c1cccc(Br)c1OC.CCCCCCC(OC)c1cccc(-c2csc(N)n2)c1OC.CCCCCCC(OC)c1cccc(-c2csc(NC(=O)c3cc(Cl)c(/C=C(\C)C(=O)O)c(Cl)c3)n2)c1OC.CCCCCCC(OC)c1cccc(Br)c1OC.CCCCCCC(OC)c1cccc(C(=O)CCl)c1OC.CCOC(=O)/C(C)=C/c1c(Cl)cc(Br)cc1Cl.COc1c(Br)cccc1Br.[BH4-]. The number of nitrogen functional groups attached to an aromatic ring is 1. The van der Waals surface area contributed by atoms with Gasteiger partial charge in [-0.05, 0) is 195 Å². The molecule has 804 valence electrons. The fourth-order valence-electron chi connectivity index (χ4n) is 15.4. The Hall–Kier alpha value is -7.11. The second kappa shape index (κ2) is 75.6. The summed E-state index contributed by atoms with van der Waals surface area (Å²) in [6, 6.07) is 41.6. The number of benzene rings is 8. The van der Waals surface area contributed by atoms with Gasteiger partial charge in [-0.25, -0.2) is 19.6 Å². The maximum atomic E-state index is 12.9. The number of alkyl halides is 1. The lowest BCUT2D eigenvalue weighted by atomic mass is 9.98. The molecule has 5 atom stereocenters. The first-order valence-corrected chi connectivity index (χ1v) is 56.4. The summed E-state index contributed by atoms with van der Waals surface area (Å²) in [5.41, 5.74) is 16.2. The molecule has 0 spiro atoms. The Labute approximate surface area is 943 Å². The van der Waals surface area contributed by atoms with Crippen molar-refractivity contribution in [2.24, 2.45) is 0 Å². The molecule has 0 saturated carbocycles. The molecular weight excluding hydrogens is 2320 g/mol. The molecule has 5 unspecified atom stereocenters. The van der Waals surface area contributed by atoms with Gasteiger partial charge in [0.15, 0.2) is 16.0 Å². The van der Waals surface area contributed by atoms with Crippen LogP contribution in [0.3, 0.4) is 0 Å². The Kier molecular flexibility index (Phi) is 68.9. The van der Waals surface area contributed by atoms with Crippen molar-refractivity contribution < 1.29 is 81.5 Å². The molecular formula is C112H148BBr5Cl5N4O17S2-. The Morgan fingerprint density at radius 3 is 1.12 bits per heavy atom. The number of unbranched alkanes of at least 4 members (excludes halogenated alkanes) is 15. The third-order valence-corrected chi connectivity index (χ3v) is 28.9. The molecule has 0 fully saturated rings. The van der Waals surface area contributed by atoms with Crippen molar-refractivity contribution in [1.29, 1.82) is 0 Å². The number of rotatable bonds is 51. The molecule has 2 aromatic heterocycles. The van der Waals surface area contributed by atoms with Gasteiger partial charge in [0.05, 0.1) is 141 Å². The smallest absolute Gasteiger partial charge is 0.333 e. The maximum Gasteiger partial charge on any atom is 0.333 e. The summed E-state index contributed by atoms with van der Waals surface area (Å²) < 4.78 is 65.0. The Morgan fingerprint density at radius 2 is 0.760 bits per heavy atom. The molecule has 1 amide bonds. The highest BCUT2D eigenvalue weighted by Crippen LogP contribution is 2.45. The predicted octanol–water partition coefficient (Wildman–Crippen LogP) is 34.4. The van der Waals surface area contributed by atoms with E-state index in [1.807, 2.05) is 102 Å². The highest BCUT2D eigenvalue weighted by atomic mass is 79.9. The number of aliphatic hydroxyl groups excluding tert-OH is 1. The second-order valence-electron chi connectivity index (χ2n) is 33.4. The van der Waals surface area contributed by atoms with E-state index in [2.05, 4.69) is 142 Å². The number of methoxy groups -OCH3 is 10. The number of aliphatic carboxylic acids is 1. The van der Waals surface area contributed by atoms with Crippen LogP contribution < -0.4 is 39.5 Å². The van der Waals surface area contributed by atoms with Crippen LogP contribution in [-0.2, 0) is 33.3 Å². The monoisotopic (exact) mass is 2470 g/mol. The zero-order valence-electron chi connectivity index (χ0n) is 86.6. The molecule has 34 heteroatoms. The van der Waals surface area contributed by atoms with Crippen molar-refractivity contribution in [3.05, 3.63) is 248 Å². The lowest BCUT2D eigenvalue weighted by molar-refractivity contribution is -0.138. The van der Waals surface area contributed by atoms with Crippen LogP contribution in [0.5, 0.6) is 34.5 Å². The number of nitrogens with two attached hydrogens (primary N) is 1. The van der Waals surface area contributed by atoms with Crippen LogP contribution in [0, 0.1) is 0 Å². The molecule has 0 aliphatic carbocycles. The summed E-state index contributed by atoms with van der Waals surface area (Å²) in [5.74, 6) is 2.51. The third kappa shape index (κ3) is 44.7. The fraction of sp³-hybridized carbons (Fsp3) is 0.446. The van der Waals surface area contributed by atoms with E-state index in [0.717, 1.165) is 154 Å². The van der Waals surface area contributed by atoms with Gasteiger partial charge in [-0.15, -0.1) is 34.3 Å². The number of carbonyl (C=O) groups is 4. The number of nitrogens with zero attached hydrogens (tertiary/aromatic N) is 2. The third-order valence-electron chi connectivity index (χ3n) is 23.0. The summed E-state index contributed by atoms with van der Waals surface area (Å²) in [5, 5.41) is 28.1. The maximum absolute atomic E-state index is 12.9. The summed E-state index contributed by atoms with van der Waals surface area (Å²) >= 11 is 50.0. The first-order chi connectivity index (χ1) is 69.7. The highest BCUT2D eigenvalue weighted by molar-refractivity contribution is 9.11. The van der Waals surface area contributed by atoms with Gasteiger partial charge >= 0.3 is 11.9 Å². The first-order valence-electron chi connectivity index (χ1n) is 48.7. The number of carboxylic acid groups (broad SMARTS) is 1. The number of thiazole rings is 2. The number of para-hydroxylation sites is 6. The minimum atomic E-state index is -1.09. The fourth-order valence-corrected chi connectivity index (χ4v) is 21.1. The van der Waals surface area contributed by atoms with Crippen molar-refractivity contribution in [3.8, 4) is 57.0 Å². The van der Waals surface area contributed by atoms with Gasteiger partial charge in [-0.3, -0.25) is 14.9 Å². The average Bonchev–Trinajstić information content (AvgIpc) is 1.50. The van der Waals surface area contributed by atoms with Gasteiger partial charge in [-0.2, -0.15) is 0 Å². The summed E-state index contributed by atoms with van der Waals surface area (Å²) in [4.78, 5) is 56.4. The van der Waals surface area contributed by atoms with Crippen molar-refractivity contribution in [2.75, 3.05) is 94.6 Å². The van der Waals surface area contributed by atoms with Gasteiger partial charge < -0.3 is 68.1 Å². The van der Waals surface area contributed by atoms with Gasteiger partial charge in [0, 0.05) is 110 Å². The van der Waals surface area contributed by atoms with Gasteiger partial charge in [0.1, 0.15) is 34.5 Å². The van der Waals surface area contributed by atoms with Crippen LogP contribution in [0.4, 0.5) is 10.3 Å². The molecule has 21 nitrogen and oxygen atoms in total. The molecule has 2 heterocycles. The number of carboxylic acids is 1. The van der Waals surface area contributed by atoms with E-state index in [0.29, 0.717) is 66.4 Å². The molecule has 146 heavy (non-hydrogen) atoms. The van der Waals surface area contributed by atoms with Crippen molar-refractivity contribution in [3.63, 3.8) is 0 Å². The van der Waals surface area contributed by atoms with Gasteiger partial charge in [0.25, 0.3) is 5.91 Å². The average molecular weight is 2470 g/mol. The number of Topliss-reactive ketones (excluding diaryl/α,β-unsaturated/α-hetero) is 1. The standard InChI is InChI=1S/C29H32Cl2N2O5S.C18H26N2O2S.C17H25ClO3.C15H23BrO2.C14H21BrO2.C12H11BrCl2O2.C7H6Br2O.BH4/c1-5-6-7-8-12-25(37-3)20-11-9-10-19(26(20)38-4)24-16-39-29(32-24)33-27(34)18-14-22(30)21(23(31)15-18)13-17(2)28(35)36;1-4-5-6-7-11-16(21-2)14-10-8-9-13(17(14)22-3)15-12-23-18(19)20-15;1-4-5-6-7-11-16(20-2)14-10-8-9-13(15(19)12-18)17(14)21-3;1-4-5-6-7-11-14(17-2)12-9-8-10-13(16)15(12)18-3;1-3-4-5-6-10-13(16)11-8-7-9-12(15)14(11)17-2;1-3-17-12(16)7(2)4-9-10(14)5-8(13)6-11(9)15;1-10-7-5(8)3-2-4-6(7)9;/h9-11,13-16,25H,5-8,12H2,1-4H3,(H,35,36)(H,32,33,34);8-10,12,16H,4-7,11H2,1-3H3,(H2,19,20);8-10,16H,4-7,11-12H2,1-3H3;8-10,14H,4-7,11H2,1-3H3;7-9,13,16H,3-6,10H2,1-2H3;4-6H,3H2,1-2H3;2-4H,1H3;1H4/q;;;;;;;-1/b17-13+;;;;;7-4+;;. The lowest BCUT2D eigenvalue weighted by Gasteiger charge is -2.20. The van der Waals surface area contributed by atoms with Crippen LogP contribution >= 0.6 is 160 Å². The Balaban J connectivity index is 0.000000453. The lowest BCUT2D eigenvalue weighted by Crippen LogP contribution is -2.12. The van der Waals surface area contributed by atoms with E-state index in [1.165, 1.54) is 144 Å². The number of halogens is 10. The first kappa shape index (κ1) is 133. The number of anilines is 2. The number of amides is 1. The zero-order chi connectivity index (χ0) is 107. The summed E-state index contributed by atoms with van der Waals surface area (Å²) in [7, 11) is 16.8. The number of carbonyl (C=O) groups excluding carboxylic acids is 3. The Morgan fingerprint density at radius 1 is 0.425 bits per heavy atom. The number of hydrogen-bond acceptors (Lipinski definition) is 21. The van der Waals surface area contributed by atoms with Crippen LogP contribution in [0.2, 0.25) is 20.1 Å². The number of ketones is 1. The van der Waals surface area contributed by atoms with Gasteiger partial charge in [-0.1, -0.05) is 301 Å². The molecule has 0 aliphatic heterocycles. The number of aliphatic hydroxyl groups is 1. The van der Waals surface area contributed by atoms with Crippen molar-refractivity contribution >= 4 is 215 Å². The van der Waals surface area contributed by atoms with E-state index in [4.69, 9.17) is 121 Å². The van der Waals surface area contributed by atoms with E-state index < -0.39 is 18.0 Å². The topological polar surface area (TPSA) is 274 Å². The molecule has 10 rings (SSSR count). The molecule has 5 N–H and O–H groups in total. The predicted molar refractivity (Wildman–Crippen MR) is 630 cm³/mol. The number of nitrogens with one attached hydrogen (secondary N) is 1. The zero-order valence-corrected chi connectivity index (χ0v) is 99.9. The largest absolute Gasteiger partial charge is 0.496 e. The van der Waals surface area contributed by atoms with Crippen molar-refractivity contribution in [1.82, 2.24) is 9.97 Å². The van der Waals surface area contributed by atoms with Crippen molar-refractivity contribution in [2.45, 2.75) is 246 Å². The molecule has 8 aromatic carbocycles. The van der Waals surface area contributed by atoms with E-state index >= 15 is 0 Å². The summed E-state index contributed by atoms with van der Waals surface area (Å²) in [6.45, 7) is 16.2. The quantitative estimate of drug-likeness (QED) is 0.00688. The number of aromatic nitrogens is 2. The van der Waals surface area contributed by atoms with E-state index in [9.17, 15) is 24.3 Å². The minimum Gasteiger partial charge on any atom is -0.496 e. The molecule has 10 aromatic rings. The minimum absolute atomic E-state index is 0. The normalized spacial score (nSPS) is 12.0. The van der Waals surface area contributed by atoms with Gasteiger partial charge in [0.2, 0.25) is 0 Å². The highest BCUT2D eigenvalue weighted by Gasteiger charge is 2.27. The van der Waals surface area contributed by atoms with Crippen LogP contribution in [0.25, 0.3) is 34.7 Å². The number of hydrogen-bond donors (Lipinski definition) is 4. The molecule has 0 radical (unpaired) electrons. The van der Waals surface area contributed by atoms with Crippen LogP contribution in [-0.4, -0.2) is 136 Å². The molecule has 0 aliphatic rings. The number of ether oxygens (including phenoxy) is 11. The Bertz CT molecular complexity index is 5560. The second-order valence-corrected chi connectivity index (χ2v) is 41.3. The number of esters is 1. The van der Waals surface area contributed by atoms with Crippen LogP contribution in [0.15, 0.2) is 178 Å². The summed E-state index contributed by atoms with van der Waals surface area (Å²) in [6.07, 6.45) is 31.2. The molecule has 0 saturated heterocycles. The van der Waals surface area contributed by atoms with Crippen LogP contribution in [0.1, 0.15) is 306 Å². The molecule has 0 bridgehead atoms. The van der Waals surface area contributed by atoms with E-state index in [1.54, 1.807) is 109 Å². The van der Waals surface area contributed by atoms with E-state index in [-0.39, 0.29) is 71.6 Å².